The molecule has 0 amide bonds. The molecular formula is C19H25N3O5S. The Kier molecular flexibility index (Phi) is 6.35. The number of benzene rings is 1. The van der Waals surface area contributed by atoms with Crippen molar-refractivity contribution in [2.24, 2.45) is 0 Å². The fraction of sp³-hybridized carbons (Fsp3) is 0.474. The summed E-state index contributed by atoms with van der Waals surface area (Å²) in [4.78, 5) is 12.0. The highest BCUT2D eigenvalue weighted by Crippen LogP contribution is 2.38. The fourth-order valence-electron chi connectivity index (χ4n) is 2.81. The van der Waals surface area contributed by atoms with Gasteiger partial charge < -0.3 is 9.47 Å². The summed E-state index contributed by atoms with van der Waals surface area (Å²) < 4.78 is 40.3. The lowest BCUT2D eigenvalue weighted by atomic mass is 10.3. The predicted octanol–water partition coefficient (Wildman–Crippen LogP) is 1.90. The van der Waals surface area contributed by atoms with Crippen LogP contribution in [0.25, 0.3) is 0 Å². The lowest BCUT2D eigenvalue weighted by Gasteiger charge is -2.14. The van der Waals surface area contributed by atoms with Crippen molar-refractivity contribution in [2.75, 3.05) is 19.8 Å². The van der Waals surface area contributed by atoms with Gasteiger partial charge in [-0.3, -0.25) is 4.79 Å². The minimum absolute atomic E-state index is 0.00679. The second kappa shape index (κ2) is 8.74. The third-order valence-corrected chi connectivity index (χ3v) is 5.80. The molecule has 0 spiro atoms. The topological polar surface area (TPSA) is 99.5 Å². The van der Waals surface area contributed by atoms with Gasteiger partial charge in [-0.2, -0.15) is 5.10 Å². The van der Waals surface area contributed by atoms with Crippen LogP contribution < -0.4 is 19.8 Å². The van der Waals surface area contributed by atoms with E-state index in [2.05, 4.69) is 9.82 Å². The molecule has 1 heterocycles. The molecule has 1 aromatic heterocycles. The van der Waals surface area contributed by atoms with E-state index in [4.69, 9.17) is 9.47 Å². The van der Waals surface area contributed by atoms with Crippen molar-refractivity contribution < 1.29 is 17.9 Å². The lowest BCUT2D eigenvalue weighted by molar-refractivity contribution is 0.322. The monoisotopic (exact) mass is 407 g/mol. The van der Waals surface area contributed by atoms with Gasteiger partial charge in [0.1, 0.15) is 16.4 Å². The van der Waals surface area contributed by atoms with Crippen LogP contribution in [0, 0.1) is 0 Å². The maximum atomic E-state index is 12.8. The summed E-state index contributed by atoms with van der Waals surface area (Å²) in [5, 5.41) is 4.34. The summed E-state index contributed by atoms with van der Waals surface area (Å²) in [5.41, 5.74) is 0.627. The fourth-order valence-corrected chi connectivity index (χ4v) is 3.99. The van der Waals surface area contributed by atoms with Crippen LogP contribution in [-0.2, 0) is 16.6 Å². The molecule has 3 rings (SSSR count). The largest absolute Gasteiger partial charge is 0.494 e. The molecule has 0 radical (unpaired) electrons. The number of sulfonamides is 1. The van der Waals surface area contributed by atoms with Gasteiger partial charge in [-0.1, -0.05) is 0 Å². The Bertz CT molecular complexity index is 983. The highest BCUT2D eigenvalue weighted by Gasteiger charge is 2.25. The Hall–Kier alpha value is -2.39. The van der Waals surface area contributed by atoms with Crippen LogP contribution in [0.1, 0.15) is 38.3 Å². The summed E-state index contributed by atoms with van der Waals surface area (Å²) in [6.07, 6.45) is 2.16. The SMILES string of the molecule is CCOc1ccc(OCC)c(S(=O)(=O)NCCn2nc(C3CC3)ccc2=O)c1. The van der Waals surface area contributed by atoms with Gasteiger partial charge in [0.2, 0.25) is 10.0 Å². The summed E-state index contributed by atoms with van der Waals surface area (Å²) in [6, 6.07) is 7.91. The lowest BCUT2D eigenvalue weighted by Crippen LogP contribution is -2.32. The van der Waals surface area contributed by atoms with Crippen molar-refractivity contribution >= 4 is 10.0 Å². The molecule has 0 bridgehead atoms. The van der Waals surface area contributed by atoms with Gasteiger partial charge in [0, 0.05) is 24.6 Å². The van der Waals surface area contributed by atoms with E-state index < -0.39 is 10.0 Å². The van der Waals surface area contributed by atoms with Gasteiger partial charge in [-0.15, -0.1) is 0 Å². The second-order valence-corrected chi connectivity index (χ2v) is 8.20. The van der Waals surface area contributed by atoms with Crippen molar-refractivity contribution in [3.8, 4) is 11.5 Å². The molecule has 0 saturated heterocycles. The highest BCUT2D eigenvalue weighted by atomic mass is 32.2. The smallest absolute Gasteiger partial charge is 0.266 e. The van der Waals surface area contributed by atoms with Gasteiger partial charge in [0.25, 0.3) is 5.56 Å². The minimum atomic E-state index is -3.85. The molecule has 0 aliphatic heterocycles. The average molecular weight is 407 g/mol. The van der Waals surface area contributed by atoms with E-state index in [0.29, 0.717) is 24.9 Å². The van der Waals surface area contributed by atoms with E-state index in [-0.39, 0.29) is 29.3 Å². The number of aromatic nitrogens is 2. The Balaban J connectivity index is 1.74. The van der Waals surface area contributed by atoms with Crippen LogP contribution in [0.5, 0.6) is 11.5 Å². The zero-order valence-electron chi connectivity index (χ0n) is 16.1. The standard InChI is InChI=1S/C19H25N3O5S/c1-3-26-15-7-9-17(27-4-2)18(13-15)28(24,25)20-11-12-22-19(23)10-8-16(21-22)14-5-6-14/h7-10,13-14,20H,3-6,11-12H2,1-2H3. The first-order valence-electron chi connectivity index (χ1n) is 9.42. The van der Waals surface area contributed by atoms with Crippen molar-refractivity contribution in [3.63, 3.8) is 0 Å². The van der Waals surface area contributed by atoms with Crippen LogP contribution in [0.3, 0.4) is 0 Å². The summed E-state index contributed by atoms with van der Waals surface area (Å²) in [6.45, 7) is 4.55. The molecule has 0 unspecified atom stereocenters. The number of ether oxygens (including phenoxy) is 2. The van der Waals surface area contributed by atoms with Crippen molar-refractivity contribution in [1.29, 1.82) is 0 Å². The molecule has 1 aliphatic rings. The van der Waals surface area contributed by atoms with Gasteiger partial charge in [0.05, 0.1) is 25.5 Å². The zero-order chi connectivity index (χ0) is 20.1. The molecule has 0 atom stereocenters. The molecule has 1 aliphatic carbocycles. The number of hydrogen-bond donors (Lipinski definition) is 1. The molecule has 1 fully saturated rings. The van der Waals surface area contributed by atoms with Crippen LogP contribution in [0.4, 0.5) is 0 Å². The molecule has 2 aromatic rings. The average Bonchev–Trinajstić information content (AvgIpc) is 3.50. The van der Waals surface area contributed by atoms with Gasteiger partial charge in [-0.25, -0.2) is 17.8 Å². The minimum Gasteiger partial charge on any atom is -0.494 e. The van der Waals surface area contributed by atoms with E-state index in [0.717, 1.165) is 18.5 Å². The van der Waals surface area contributed by atoms with Gasteiger partial charge in [-0.05, 0) is 44.9 Å². The van der Waals surface area contributed by atoms with Gasteiger partial charge >= 0.3 is 0 Å². The first-order valence-corrected chi connectivity index (χ1v) is 10.9. The first-order chi connectivity index (χ1) is 13.4. The van der Waals surface area contributed by atoms with E-state index in [1.807, 2.05) is 6.92 Å². The predicted molar refractivity (Wildman–Crippen MR) is 104 cm³/mol. The molecule has 152 valence electrons. The summed E-state index contributed by atoms with van der Waals surface area (Å²) in [5.74, 6) is 1.12. The van der Waals surface area contributed by atoms with Crippen molar-refractivity contribution in [2.45, 2.75) is 44.0 Å². The van der Waals surface area contributed by atoms with E-state index in [9.17, 15) is 13.2 Å². The highest BCUT2D eigenvalue weighted by molar-refractivity contribution is 7.89. The molecule has 1 aromatic carbocycles. The van der Waals surface area contributed by atoms with E-state index in [1.165, 1.54) is 16.8 Å². The second-order valence-electron chi connectivity index (χ2n) is 6.47. The Labute approximate surface area is 164 Å². The Morgan fingerprint density at radius 2 is 1.89 bits per heavy atom. The normalized spacial score (nSPS) is 14.1. The summed E-state index contributed by atoms with van der Waals surface area (Å²) in [7, 11) is -3.85. The zero-order valence-corrected chi connectivity index (χ0v) is 16.9. The summed E-state index contributed by atoms with van der Waals surface area (Å²) >= 11 is 0. The van der Waals surface area contributed by atoms with Crippen LogP contribution >= 0.6 is 0 Å². The van der Waals surface area contributed by atoms with Crippen molar-refractivity contribution in [3.05, 3.63) is 46.4 Å². The Morgan fingerprint density at radius 1 is 1.14 bits per heavy atom. The molecule has 8 nitrogen and oxygen atoms in total. The molecule has 1 saturated carbocycles. The molecule has 28 heavy (non-hydrogen) atoms. The van der Waals surface area contributed by atoms with E-state index in [1.54, 1.807) is 25.1 Å². The number of nitrogens with one attached hydrogen (secondary N) is 1. The van der Waals surface area contributed by atoms with Crippen LogP contribution in [0.2, 0.25) is 0 Å². The maximum Gasteiger partial charge on any atom is 0.266 e. The molecule has 9 heteroatoms. The quantitative estimate of drug-likeness (QED) is 0.646. The van der Waals surface area contributed by atoms with Gasteiger partial charge in [0.15, 0.2) is 0 Å². The maximum absolute atomic E-state index is 12.8. The molecular weight excluding hydrogens is 382 g/mol. The van der Waals surface area contributed by atoms with Crippen molar-refractivity contribution in [1.82, 2.24) is 14.5 Å². The van der Waals surface area contributed by atoms with Crippen LogP contribution in [0.15, 0.2) is 40.0 Å². The third kappa shape index (κ3) is 4.90. The number of nitrogens with zero attached hydrogens (tertiary/aromatic N) is 2. The first kappa shape index (κ1) is 20.3. The number of hydrogen-bond acceptors (Lipinski definition) is 6. The molecule has 1 N–H and O–H groups in total. The van der Waals surface area contributed by atoms with Crippen LogP contribution in [-0.4, -0.2) is 38.0 Å². The Morgan fingerprint density at radius 3 is 2.57 bits per heavy atom. The third-order valence-electron chi connectivity index (χ3n) is 4.31. The number of rotatable bonds is 10. The van der Waals surface area contributed by atoms with E-state index >= 15 is 0 Å².